The van der Waals surface area contributed by atoms with Crippen molar-refractivity contribution in [2.45, 2.75) is 39.3 Å². The number of halogens is 1. The number of amides is 2. The second kappa shape index (κ2) is 7.50. The highest BCUT2D eigenvalue weighted by Crippen LogP contribution is 2.38. The number of nitrogens with two attached hydrogens (primary N) is 1. The number of nitrogen functional groups attached to an aromatic ring is 1. The van der Waals surface area contributed by atoms with Crippen LogP contribution in [-0.2, 0) is 9.59 Å². The van der Waals surface area contributed by atoms with Gasteiger partial charge in [0.05, 0.1) is 28.0 Å². The molecule has 1 aliphatic heterocycles. The maximum Gasteiger partial charge on any atom is 0.252 e. The van der Waals surface area contributed by atoms with Crippen LogP contribution in [0.3, 0.4) is 0 Å². The molecule has 0 unspecified atom stereocenters. The van der Waals surface area contributed by atoms with Gasteiger partial charge in [0, 0.05) is 19.0 Å². The molecule has 1 atom stereocenters. The Morgan fingerprint density at radius 2 is 2.06 bits per heavy atom. The minimum atomic E-state index is -1.02. The number of rotatable bonds is 2. The molecule has 4 rings (SSSR count). The molecule has 0 spiro atoms. The van der Waals surface area contributed by atoms with E-state index in [0.29, 0.717) is 39.6 Å². The van der Waals surface area contributed by atoms with E-state index in [1.165, 1.54) is 13.3 Å². The first-order valence-electron chi connectivity index (χ1n) is 10.0. The Labute approximate surface area is 190 Å². The van der Waals surface area contributed by atoms with Gasteiger partial charge >= 0.3 is 0 Å². The van der Waals surface area contributed by atoms with Crippen LogP contribution in [0.25, 0.3) is 16.8 Å². The first kappa shape index (κ1) is 21.6. The summed E-state index contributed by atoms with van der Waals surface area (Å²) in [6, 6.07) is 8.79. The monoisotopic (exact) mass is 451 g/mol. The van der Waals surface area contributed by atoms with Gasteiger partial charge in [-0.15, -0.1) is 0 Å². The van der Waals surface area contributed by atoms with E-state index in [0.717, 1.165) is 0 Å². The Morgan fingerprint density at radius 3 is 2.72 bits per heavy atom. The molecule has 0 saturated carbocycles. The lowest BCUT2D eigenvalue weighted by molar-refractivity contribution is -0.146. The van der Waals surface area contributed by atoms with Crippen LogP contribution < -0.4 is 10.6 Å². The SMILES string of the molecule is CC(=O)N1C[C@H](C)N(c2cc(-c3cc(C#N)c4c(N)ncnn34)ccc2Cl)C(=O)C1(C)C. The van der Waals surface area contributed by atoms with Crippen molar-refractivity contribution in [3.63, 3.8) is 0 Å². The van der Waals surface area contributed by atoms with Gasteiger partial charge < -0.3 is 15.5 Å². The maximum absolute atomic E-state index is 13.5. The van der Waals surface area contributed by atoms with Gasteiger partial charge in [-0.2, -0.15) is 10.4 Å². The van der Waals surface area contributed by atoms with Crippen molar-refractivity contribution in [2.24, 2.45) is 0 Å². The largest absolute Gasteiger partial charge is 0.382 e. The van der Waals surface area contributed by atoms with E-state index in [-0.39, 0.29) is 23.7 Å². The summed E-state index contributed by atoms with van der Waals surface area (Å²) in [6.45, 7) is 7.17. The molecule has 2 amide bonds. The zero-order valence-corrected chi connectivity index (χ0v) is 18.9. The lowest BCUT2D eigenvalue weighted by atomic mass is 9.93. The number of fused-ring (bicyclic) bond motifs is 1. The lowest BCUT2D eigenvalue weighted by Gasteiger charge is -2.49. The molecular weight excluding hydrogens is 430 g/mol. The van der Waals surface area contributed by atoms with Gasteiger partial charge in [-0.3, -0.25) is 9.59 Å². The van der Waals surface area contributed by atoms with Crippen molar-refractivity contribution in [1.82, 2.24) is 19.5 Å². The third-order valence-corrected chi connectivity index (χ3v) is 6.21. The molecule has 164 valence electrons. The minimum Gasteiger partial charge on any atom is -0.382 e. The number of hydrogen-bond donors (Lipinski definition) is 1. The molecule has 1 fully saturated rings. The van der Waals surface area contributed by atoms with Crippen molar-refractivity contribution < 1.29 is 9.59 Å². The second-order valence-corrected chi connectivity index (χ2v) is 8.75. The molecule has 10 heteroatoms. The van der Waals surface area contributed by atoms with E-state index in [1.807, 2.05) is 6.92 Å². The topological polar surface area (TPSA) is 121 Å². The summed E-state index contributed by atoms with van der Waals surface area (Å²) >= 11 is 6.54. The van der Waals surface area contributed by atoms with Crippen LogP contribution in [0.15, 0.2) is 30.6 Å². The van der Waals surface area contributed by atoms with Crippen molar-refractivity contribution >= 4 is 40.4 Å². The predicted octanol–water partition coefficient (Wildman–Crippen LogP) is 2.87. The van der Waals surface area contributed by atoms with Crippen LogP contribution in [0.2, 0.25) is 5.02 Å². The molecule has 1 aromatic carbocycles. The highest BCUT2D eigenvalue weighted by molar-refractivity contribution is 6.34. The molecule has 1 saturated heterocycles. The highest BCUT2D eigenvalue weighted by Gasteiger charge is 2.47. The van der Waals surface area contributed by atoms with Crippen LogP contribution >= 0.6 is 11.6 Å². The van der Waals surface area contributed by atoms with E-state index in [9.17, 15) is 14.9 Å². The van der Waals surface area contributed by atoms with Crippen LogP contribution in [-0.4, -0.2) is 49.4 Å². The van der Waals surface area contributed by atoms with E-state index in [4.69, 9.17) is 17.3 Å². The number of nitriles is 1. The number of hydrogen-bond acceptors (Lipinski definition) is 6. The Balaban J connectivity index is 1.86. The first-order chi connectivity index (χ1) is 15.1. The summed E-state index contributed by atoms with van der Waals surface area (Å²) in [4.78, 5) is 32.8. The molecule has 0 radical (unpaired) electrons. The molecule has 2 N–H and O–H groups in total. The fourth-order valence-corrected chi connectivity index (χ4v) is 4.48. The Kier molecular flexibility index (Phi) is 5.06. The van der Waals surface area contributed by atoms with Gasteiger partial charge in [0.25, 0.3) is 5.91 Å². The van der Waals surface area contributed by atoms with Crippen LogP contribution in [0.5, 0.6) is 0 Å². The lowest BCUT2D eigenvalue weighted by Crippen LogP contribution is -2.67. The smallest absolute Gasteiger partial charge is 0.252 e. The van der Waals surface area contributed by atoms with Crippen molar-refractivity contribution in [3.05, 3.63) is 41.2 Å². The first-order valence-corrected chi connectivity index (χ1v) is 10.4. The molecular formula is C22H22ClN7O2. The van der Waals surface area contributed by atoms with E-state index in [2.05, 4.69) is 16.2 Å². The van der Waals surface area contributed by atoms with Crippen LogP contribution in [0.1, 0.15) is 33.3 Å². The Morgan fingerprint density at radius 1 is 1.34 bits per heavy atom. The van der Waals surface area contributed by atoms with Crippen molar-refractivity contribution in [1.29, 1.82) is 5.26 Å². The summed E-state index contributed by atoms with van der Waals surface area (Å²) in [5.74, 6) is -0.187. The Bertz CT molecular complexity index is 1310. The van der Waals surface area contributed by atoms with Crippen LogP contribution in [0.4, 0.5) is 11.5 Å². The van der Waals surface area contributed by atoms with Gasteiger partial charge in [0.1, 0.15) is 23.5 Å². The quantitative estimate of drug-likeness (QED) is 0.639. The number of carbonyl (C=O) groups is 2. The summed E-state index contributed by atoms with van der Waals surface area (Å²) in [5, 5.41) is 14.2. The molecule has 3 aromatic rings. The second-order valence-electron chi connectivity index (χ2n) is 8.34. The molecule has 9 nitrogen and oxygen atoms in total. The minimum absolute atomic E-state index is 0.157. The number of benzene rings is 1. The standard InChI is InChI=1S/C22H22ClN7O2/c1-12-10-28(13(2)31)22(3,4)21(32)29(12)18-7-14(5-6-16(18)23)17-8-15(9-24)19-20(25)26-11-27-30(17)19/h5-8,11-12H,10H2,1-4H3,(H2,25,26,27)/t12-/m0/s1. The molecule has 2 aromatic heterocycles. The van der Waals surface area contributed by atoms with Gasteiger partial charge in [-0.1, -0.05) is 17.7 Å². The number of nitrogens with zero attached hydrogens (tertiary/aromatic N) is 6. The van der Waals surface area contributed by atoms with E-state index < -0.39 is 5.54 Å². The van der Waals surface area contributed by atoms with Crippen LogP contribution in [0, 0.1) is 11.3 Å². The van der Waals surface area contributed by atoms with E-state index >= 15 is 0 Å². The number of carbonyl (C=O) groups excluding carboxylic acids is 2. The third-order valence-electron chi connectivity index (χ3n) is 5.89. The number of aromatic nitrogens is 3. The summed E-state index contributed by atoms with van der Waals surface area (Å²) in [6.07, 6.45) is 1.32. The maximum atomic E-state index is 13.5. The predicted molar refractivity (Wildman–Crippen MR) is 121 cm³/mol. The molecule has 0 bridgehead atoms. The van der Waals surface area contributed by atoms with Gasteiger partial charge in [0.2, 0.25) is 5.91 Å². The van der Waals surface area contributed by atoms with Crippen molar-refractivity contribution in [3.8, 4) is 17.3 Å². The fourth-order valence-electron chi connectivity index (χ4n) is 4.27. The zero-order valence-electron chi connectivity index (χ0n) is 18.1. The highest BCUT2D eigenvalue weighted by atomic mass is 35.5. The molecule has 0 aliphatic carbocycles. The average molecular weight is 452 g/mol. The summed E-state index contributed by atoms with van der Waals surface area (Å²) in [7, 11) is 0. The molecule has 32 heavy (non-hydrogen) atoms. The Hall–Kier alpha value is -3.64. The number of piperazine rings is 1. The van der Waals surface area contributed by atoms with Gasteiger partial charge in [-0.05, 0) is 39.0 Å². The number of anilines is 2. The third kappa shape index (κ3) is 3.15. The normalized spacial score (nSPS) is 18.1. The zero-order chi connectivity index (χ0) is 23.4. The summed E-state index contributed by atoms with van der Waals surface area (Å²) in [5.41, 5.74) is 7.55. The average Bonchev–Trinajstić information content (AvgIpc) is 3.12. The molecule has 3 heterocycles. The fraction of sp³-hybridized carbons (Fsp3) is 0.318. The van der Waals surface area contributed by atoms with Crippen molar-refractivity contribution in [2.75, 3.05) is 17.2 Å². The van der Waals surface area contributed by atoms with Gasteiger partial charge in [0.15, 0.2) is 5.82 Å². The molecule has 1 aliphatic rings. The van der Waals surface area contributed by atoms with Gasteiger partial charge in [-0.25, -0.2) is 9.50 Å². The van der Waals surface area contributed by atoms with E-state index in [1.54, 1.807) is 52.4 Å². The summed E-state index contributed by atoms with van der Waals surface area (Å²) < 4.78 is 1.55.